The topological polar surface area (TPSA) is 166 Å². The molecular formula is C33H39N7O6. The predicted molar refractivity (Wildman–Crippen MR) is 169 cm³/mol. The van der Waals surface area contributed by atoms with E-state index in [2.05, 4.69) is 20.8 Å². The van der Waals surface area contributed by atoms with Gasteiger partial charge in [-0.1, -0.05) is 54.6 Å². The van der Waals surface area contributed by atoms with Crippen LogP contribution >= 0.6 is 0 Å². The maximum Gasteiger partial charge on any atom is 0.428 e. The third-order valence-electron chi connectivity index (χ3n) is 7.72. The van der Waals surface area contributed by atoms with E-state index in [4.69, 9.17) is 9.47 Å². The number of nitrogens with one attached hydrogen (secondary N) is 2. The van der Waals surface area contributed by atoms with Crippen molar-refractivity contribution in [2.75, 3.05) is 33.3 Å². The van der Waals surface area contributed by atoms with Crippen LogP contribution in [0, 0.1) is 17.2 Å². The van der Waals surface area contributed by atoms with E-state index in [9.17, 15) is 24.4 Å². The SMILES string of the molecule is COC(=O)C(C#N)C(=NCc1ccc(C=NNC(=O)OCc2ccccc2)cc1)N[C@H]1CCCCN(CC(=O)N2CCCC2)C1=O. The van der Waals surface area contributed by atoms with Crippen molar-refractivity contribution < 1.29 is 28.7 Å². The molecule has 1 unspecified atom stereocenters. The lowest BCUT2D eigenvalue weighted by Gasteiger charge is -2.27. The number of amidine groups is 1. The van der Waals surface area contributed by atoms with Gasteiger partial charge in [-0.2, -0.15) is 10.4 Å². The highest BCUT2D eigenvalue weighted by Gasteiger charge is 2.34. The quantitative estimate of drug-likeness (QED) is 0.166. The summed E-state index contributed by atoms with van der Waals surface area (Å²) < 4.78 is 9.96. The van der Waals surface area contributed by atoms with Gasteiger partial charge in [0, 0.05) is 19.6 Å². The number of hydrogen-bond donors (Lipinski definition) is 2. The van der Waals surface area contributed by atoms with Gasteiger partial charge in [-0.05, 0) is 48.8 Å². The van der Waals surface area contributed by atoms with Gasteiger partial charge < -0.3 is 24.6 Å². The van der Waals surface area contributed by atoms with E-state index in [-0.39, 0.29) is 37.3 Å². The molecule has 0 aliphatic carbocycles. The molecule has 0 spiro atoms. The lowest BCUT2D eigenvalue weighted by molar-refractivity contribution is -0.141. The van der Waals surface area contributed by atoms with Crippen LogP contribution in [0.2, 0.25) is 0 Å². The van der Waals surface area contributed by atoms with E-state index in [1.54, 1.807) is 34.1 Å². The average molecular weight is 630 g/mol. The normalized spacial score (nSPS) is 17.6. The molecule has 2 fully saturated rings. The molecular weight excluding hydrogens is 590 g/mol. The molecule has 2 heterocycles. The molecule has 2 aliphatic rings. The van der Waals surface area contributed by atoms with Crippen LogP contribution in [-0.2, 0) is 37.0 Å². The number of nitriles is 1. The van der Waals surface area contributed by atoms with E-state index < -0.39 is 24.0 Å². The van der Waals surface area contributed by atoms with E-state index >= 15 is 0 Å². The molecule has 3 amide bonds. The smallest absolute Gasteiger partial charge is 0.428 e. The van der Waals surface area contributed by atoms with Crippen LogP contribution in [0.15, 0.2) is 64.7 Å². The summed E-state index contributed by atoms with van der Waals surface area (Å²) in [5.41, 5.74) is 4.64. The molecule has 0 saturated carbocycles. The lowest BCUT2D eigenvalue weighted by Crippen LogP contribution is -2.52. The van der Waals surface area contributed by atoms with Gasteiger partial charge in [0.1, 0.15) is 18.5 Å². The Bertz CT molecular complexity index is 1450. The van der Waals surface area contributed by atoms with Gasteiger partial charge in [0.2, 0.25) is 17.7 Å². The lowest BCUT2D eigenvalue weighted by atomic mass is 10.1. The monoisotopic (exact) mass is 629 g/mol. The molecule has 242 valence electrons. The Morgan fingerprint density at radius 2 is 1.74 bits per heavy atom. The summed E-state index contributed by atoms with van der Waals surface area (Å²) in [6.45, 7) is 2.11. The number of amides is 3. The molecule has 13 heteroatoms. The number of likely N-dealkylation sites (tertiary alicyclic amines) is 2. The number of aliphatic imine (C=N–C) groups is 1. The molecule has 2 N–H and O–H groups in total. The van der Waals surface area contributed by atoms with Crippen LogP contribution in [0.4, 0.5) is 4.79 Å². The molecule has 46 heavy (non-hydrogen) atoms. The molecule has 0 radical (unpaired) electrons. The summed E-state index contributed by atoms with van der Waals surface area (Å²) in [6.07, 6.45) is 4.64. The minimum atomic E-state index is -1.36. The number of ether oxygens (including phenoxy) is 2. The van der Waals surface area contributed by atoms with Crippen molar-refractivity contribution in [1.29, 1.82) is 5.26 Å². The van der Waals surface area contributed by atoms with Crippen molar-refractivity contribution in [2.24, 2.45) is 16.0 Å². The highest BCUT2D eigenvalue weighted by Crippen LogP contribution is 2.16. The number of methoxy groups -OCH3 is 1. The molecule has 4 rings (SSSR count). The number of hydrazone groups is 1. The van der Waals surface area contributed by atoms with Crippen LogP contribution in [-0.4, -0.2) is 85.1 Å². The molecule has 0 aromatic heterocycles. The Morgan fingerprint density at radius 1 is 1.02 bits per heavy atom. The predicted octanol–water partition coefficient (Wildman–Crippen LogP) is 2.75. The van der Waals surface area contributed by atoms with E-state index in [1.165, 1.54) is 13.3 Å². The van der Waals surface area contributed by atoms with Gasteiger partial charge in [0.05, 0.1) is 32.5 Å². The number of carbonyl (C=O) groups excluding carboxylic acids is 4. The summed E-state index contributed by atoms with van der Waals surface area (Å²) >= 11 is 0. The van der Waals surface area contributed by atoms with Crippen LogP contribution < -0.4 is 10.7 Å². The second kappa shape index (κ2) is 17.3. The van der Waals surface area contributed by atoms with Crippen LogP contribution in [0.3, 0.4) is 0 Å². The number of rotatable bonds is 11. The molecule has 2 aromatic carbocycles. The van der Waals surface area contributed by atoms with Gasteiger partial charge >= 0.3 is 12.1 Å². The average Bonchev–Trinajstić information content (AvgIpc) is 3.57. The van der Waals surface area contributed by atoms with Crippen molar-refractivity contribution in [3.8, 4) is 6.07 Å². The zero-order valence-electron chi connectivity index (χ0n) is 25.9. The molecule has 2 aromatic rings. The van der Waals surface area contributed by atoms with Gasteiger partial charge in [-0.3, -0.25) is 19.4 Å². The summed E-state index contributed by atoms with van der Waals surface area (Å²) in [6, 6.07) is 17.6. The van der Waals surface area contributed by atoms with Gasteiger partial charge in [-0.25, -0.2) is 10.2 Å². The zero-order valence-corrected chi connectivity index (χ0v) is 25.9. The first-order valence-electron chi connectivity index (χ1n) is 15.3. The van der Waals surface area contributed by atoms with E-state index in [1.807, 2.05) is 36.4 Å². The Kier molecular flexibility index (Phi) is 12.6. The Balaban J connectivity index is 1.38. The van der Waals surface area contributed by atoms with E-state index in [0.29, 0.717) is 31.6 Å². The fourth-order valence-electron chi connectivity index (χ4n) is 5.17. The number of nitrogens with zero attached hydrogens (tertiary/aromatic N) is 5. The second-order valence-corrected chi connectivity index (χ2v) is 11.0. The molecule has 13 nitrogen and oxygen atoms in total. The highest BCUT2D eigenvalue weighted by molar-refractivity contribution is 6.05. The third-order valence-corrected chi connectivity index (χ3v) is 7.72. The third kappa shape index (κ3) is 9.88. The van der Waals surface area contributed by atoms with Crippen LogP contribution in [0.1, 0.15) is 48.8 Å². The summed E-state index contributed by atoms with van der Waals surface area (Å²) in [5, 5.41) is 16.8. The number of benzene rings is 2. The van der Waals surface area contributed by atoms with Crippen molar-refractivity contribution >= 4 is 35.9 Å². The van der Waals surface area contributed by atoms with Crippen LogP contribution in [0.5, 0.6) is 0 Å². The van der Waals surface area contributed by atoms with Crippen molar-refractivity contribution in [3.05, 3.63) is 71.3 Å². The molecule has 0 bridgehead atoms. The number of carbonyl (C=O) groups is 4. The standard InChI is InChI=1S/C33H39N7O6/c1-45-32(43)27(19-34)30(37-28-11-5-6-18-40(31(28)42)22-29(41)39-16-7-8-17-39)35-20-24-12-14-25(15-13-24)21-36-38-33(44)46-23-26-9-3-2-4-10-26/h2-4,9-10,12-15,21,27-28H,5-8,11,16-18,20,22-23H2,1H3,(H,35,37)(H,38,44)/t27?,28-/m0/s1. The summed E-state index contributed by atoms with van der Waals surface area (Å²) in [5.74, 6) is -2.46. The highest BCUT2D eigenvalue weighted by atomic mass is 16.6. The van der Waals surface area contributed by atoms with Crippen molar-refractivity contribution in [2.45, 2.75) is 51.3 Å². The minimum Gasteiger partial charge on any atom is -0.468 e. The fourth-order valence-corrected chi connectivity index (χ4v) is 5.17. The molecule has 2 saturated heterocycles. The summed E-state index contributed by atoms with van der Waals surface area (Å²) in [4.78, 5) is 58.5. The second-order valence-electron chi connectivity index (χ2n) is 11.0. The largest absolute Gasteiger partial charge is 0.468 e. The van der Waals surface area contributed by atoms with Gasteiger partial charge in [0.25, 0.3) is 0 Å². The molecule has 2 atom stereocenters. The first-order chi connectivity index (χ1) is 22.4. The fraction of sp³-hybridized carbons (Fsp3) is 0.424. The first-order valence-corrected chi connectivity index (χ1v) is 15.3. The zero-order chi connectivity index (χ0) is 32.7. The van der Waals surface area contributed by atoms with Gasteiger partial charge in [-0.15, -0.1) is 0 Å². The minimum absolute atomic E-state index is 0.00220. The maximum atomic E-state index is 13.5. The summed E-state index contributed by atoms with van der Waals surface area (Å²) in [7, 11) is 1.19. The molecule has 2 aliphatic heterocycles. The Labute approximate surface area is 268 Å². The van der Waals surface area contributed by atoms with Crippen LogP contribution in [0.25, 0.3) is 0 Å². The van der Waals surface area contributed by atoms with E-state index in [0.717, 1.165) is 36.8 Å². The first kappa shape index (κ1) is 33.6. The van der Waals surface area contributed by atoms with Gasteiger partial charge in [0.15, 0.2) is 0 Å². The number of hydrogen-bond acceptors (Lipinski definition) is 9. The van der Waals surface area contributed by atoms with Crippen molar-refractivity contribution in [1.82, 2.24) is 20.5 Å². The Hall–Kier alpha value is -5.25. The van der Waals surface area contributed by atoms with Crippen molar-refractivity contribution in [3.63, 3.8) is 0 Å². The number of esters is 1. The Morgan fingerprint density at radius 3 is 2.43 bits per heavy atom. The maximum absolute atomic E-state index is 13.5.